The van der Waals surface area contributed by atoms with Gasteiger partial charge in [0.2, 0.25) is 0 Å². The van der Waals surface area contributed by atoms with Crippen LogP contribution in [0.5, 0.6) is 0 Å². The summed E-state index contributed by atoms with van der Waals surface area (Å²) >= 11 is 1.79. The van der Waals surface area contributed by atoms with Crippen molar-refractivity contribution >= 4 is 41.3 Å². The number of aromatic nitrogens is 3. The monoisotopic (exact) mass is 572 g/mol. The number of nitrogens with one attached hydrogen (secondary N) is 2. The molecule has 0 amide bonds. The highest BCUT2D eigenvalue weighted by molar-refractivity contribution is 14.0. The van der Waals surface area contributed by atoms with Gasteiger partial charge in [0.05, 0.1) is 6.54 Å². The first-order valence-corrected chi connectivity index (χ1v) is 11.6. The predicted octanol–water partition coefficient (Wildman–Crippen LogP) is 5.14. The molecule has 0 saturated heterocycles. The van der Waals surface area contributed by atoms with E-state index in [0.717, 1.165) is 19.0 Å². The fourth-order valence-electron chi connectivity index (χ4n) is 3.57. The van der Waals surface area contributed by atoms with Crippen molar-refractivity contribution in [3.63, 3.8) is 0 Å². The van der Waals surface area contributed by atoms with Crippen LogP contribution in [0.2, 0.25) is 0 Å². The van der Waals surface area contributed by atoms with Gasteiger partial charge in [-0.15, -0.1) is 35.3 Å². The van der Waals surface area contributed by atoms with Gasteiger partial charge < -0.3 is 10.6 Å². The molecule has 0 saturated carbocycles. The summed E-state index contributed by atoms with van der Waals surface area (Å²) in [5, 5.41) is 13.2. The molecule has 0 radical (unpaired) electrons. The third-order valence-electron chi connectivity index (χ3n) is 5.37. The summed E-state index contributed by atoms with van der Waals surface area (Å²) in [6, 6.07) is 21.4. The quantitative estimate of drug-likeness (QED) is 0.174. The van der Waals surface area contributed by atoms with Gasteiger partial charge in [0.25, 0.3) is 0 Å². The van der Waals surface area contributed by atoms with Gasteiger partial charge in [-0.05, 0) is 33.7 Å². The van der Waals surface area contributed by atoms with Crippen LogP contribution in [0.4, 0.5) is 0 Å². The fraction of sp³-hybridized carbons (Fsp3) is 0.240. The van der Waals surface area contributed by atoms with Crippen molar-refractivity contribution in [3.8, 4) is 11.1 Å². The van der Waals surface area contributed by atoms with Gasteiger partial charge in [-0.1, -0.05) is 61.5 Å². The summed E-state index contributed by atoms with van der Waals surface area (Å²) < 4.78 is 1.82. The molecule has 6 nitrogen and oxygen atoms in total. The molecule has 33 heavy (non-hydrogen) atoms. The molecule has 0 fully saturated rings. The molecule has 172 valence electrons. The highest BCUT2D eigenvalue weighted by Crippen LogP contribution is 2.24. The van der Waals surface area contributed by atoms with Crippen molar-refractivity contribution in [1.82, 2.24) is 25.4 Å². The van der Waals surface area contributed by atoms with Crippen molar-refractivity contribution in [3.05, 3.63) is 94.7 Å². The van der Waals surface area contributed by atoms with Crippen LogP contribution in [0.25, 0.3) is 11.1 Å². The van der Waals surface area contributed by atoms with Crippen LogP contribution in [-0.2, 0) is 13.1 Å². The Morgan fingerprint density at radius 2 is 1.88 bits per heavy atom. The molecule has 0 aliphatic heterocycles. The summed E-state index contributed by atoms with van der Waals surface area (Å²) in [5.74, 6) is 1.25. The van der Waals surface area contributed by atoms with Crippen molar-refractivity contribution in [2.45, 2.75) is 25.9 Å². The van der Waals surface area contributed by atoms with Crippen molar-refractivity contribution in [2.75, 3.05) is 13.6 Å². The summed E-state index contributed by atoms with van der Waals surface area (Å²) in [4.78, 5) is 9.77. The Balaban J connectivity index is 0.00000306. The van der Waals surface area contributed by atoms with E-state index in [1.807, 2.05) is 11.7 Å². The molecule has 1 unspecified atom stereocenters. The lowest BCUT2D eigenvalue weighted by Crippen LogP contribution is -2.38. The van der Waals surface area contributed by atoms with E-state index < -0.39 is 0 Å². The Labute approximate surface area is 216 Å². The molecule has 8 heteroatoms. The number of hydrogen-bond acceptors (Lipinski definition) is 4. The lowest BCUT2D eigenvalue weighted by atomic mass is 9.98. The fourth-order valence-corrected chi connectivity index (χ4v) is 4.36. The van der Waals surface area contributed by atoms with Crippen molar-refractivity contribution < 1.29 is 0 Å². The number of halogens is 1. The number of guanidine groups is 1. The Hall–Kier alpha value is -2.72. The maximum Gasteiger partial charge on any atom is 0.191 e. The van der Waals surface area contributed by atoms with Crippen LogP contribution in [0, 0.1) is 0 Å². The van der Waals surface area contributed by atoms with E-state index in [-0.39, 0.29) is 24.0 Å². The van der Waals surface area contributed by atoms with E-state index >= 15 is 0 Å². The number of benzene rings is 2. The van der Waals surface area contributed by atoms with Crippen LogP contribution >= 0.6 is 35.3 Å². The number of thiophene rings is 1. The van der Waals surface area contributed by atoms with Gasteiger partial charge >= 0.3 is 0 Å². The van der Waals surface area contributed by atoms with E-state index in [1.54, 1.807) is 24.0 Å². The SMILES string of the molecule is CN=C(NCc1ccccc1-c1ccc(Cn2cncn2)cc1)NCC(C)c1cccs1.I. The zero-order chi connectivity index (χ0) is 22.2. The first-order valence-electron chi connectivity index (χ1n) is 10.7. The largest absolute Gasteiger partial charge is 0.356 e. The summed E-state index contributed by atoms with van der Waals surface area (Å²) in [6.45, 7) is 4.49. The van der Waals surface area contributed by atoms with Gasteiger partial charge in [0.15, 0.2) is 5.96 Å². The molecule has 2 aromatic carbocycles. The second kappa shape index (κ2) is 12.5. The zero-order valence-electron chi connectivity index (χ0n) is 18.8. The zero-order valence-corrected chi connectivity index (χ0v) is 22.0. The first kappa shape index (κ1) is 24.9. The van der Waals surface area contributed by atoms with E-state index in [9.17, 15) is 0 Å². The third kappa shape index (κ3) is 6.88. The number of aliphatic imine (C=N–C) groups is 1. The first-order chi connectivity index (χ1) is 15.7. The number of rotatable bonds is 8. The van der Waals surface area contributed by atoms with Crippen LogP contribution < -0.4 is 10.6 Å². The molecule has 0 bridgehead atoms. The number of nitrogens with zero attached hydrogens (tertiary/aromatic N) is 4. The van der Waals surface area contributed by atoms with Crippen molar-refractivity contribution in [2.24, 2.45) is 4.99 Å². The number of hydrogen-bond donors (Lipinski definition) is 2. The Kier molecular flexibility index (Phi) is 9.44. The second-order valence-corrected chi connectivity index (χ2v) is 8.65. The van der Waals surface area contributed by atoms with Gasteiger partial charge in [0, 0.05) is 30.9 Å². The minimum atomic E-state index is 0. The maximum atomic E-state index is 4.39. The Bertz CT molecular complexity index is 1120. The lowest BCUT2D eigenvalue weighted by molar-refractivity contribution is 0.685. The molecule has 4 aromatic rings. The van der Waals surface area contributed by atoms with Crippen molar-refractivity contribution in [1.29, 1.82) is 0 Å². The summed E-state index contributed by atoms with van der Waals surface area (Å²) in [7, 11) is 1.81. The Morgan fingerprint density at radius 3 is 2.58 bits per heavy atom. The van der Waals surface area contributed by atoms with E-state index in [2.05, 4.69) is 98.7 Å². The van der Waals surface area contributed by atoms with Gasteiger partial charge in [0.1, 0.15) is 12.7 Å². The smallest absolute Gasteiger partial charge is 0.191 e. The summed E-state index contributed by atoms with van der Waals surface area (Å²) in [6.07, 6.45) is 3.29. The average Bonchev–Trinajstić information content (AvgIpc) is 3.55. The molecular formula is C25H29IN6S. The summed E-state index contributed by atoms with van der Waals surface area (Å²) in [5.41, 5.74) is 4.83. The highest BCUT2D eigenvalue weighted by Gasteiger charge is 2.09. The van der Waals surface area contributed by atoms with Crippen LogP contribution in [-0.4, -0.2) is 34.3 Å². The third-order valence-corrected chi connectivity index (χ3v) is 6.47. The van der Waals surface area contributed by atoms with E-state index in [4.69, 9.17) is 0 Å². The molecule has 0 aliphatic rings. The highest BCUT2D eigenvalue weighted by atomic mass is 127. The van der Waals surface area contributed by atoms with Crippen LogP contribution in [0.1, 0.15) is 28.8 Å². The second-order valence-electron chi connectivity index (χ2n) is 7.67. The minimum Gasteiger partial charge on any atom is -0.356 e. The standard InChI is InChI=1S/C25H28N6S.HI/c1-19(24-8-5-13-32-24)14-28-25(26-2)29-15-22-6-3-4-7-23(22)21-11-9-20(10-12-21)16-31-18-27-17-30-31;/h3-13,17-19H,14-16H2,1-2H3,(H2,26,28,29);1H. The van der Waals surface area contributed by atoms with Gasteiger partial charge in [-0.25, -0.2) is 9.67 Å². The molecule has 1 atom stereocenters. The molecule has 0 aliphatic carbocycles. The Morgan fingerprint density at radius 1 is 1.06 bits per heavy atom. The van der Waals surface area contributed by atoms with E-state index in [0.29, 0.717) is 12.5 Å². The van der Waals surface area contributed by atoms with Gasteiger partial charge in [-0.2, -0.15) is 5.10 Å². The predicted molar refractivity (Wildman–Crippen MR) is 147 cm³/mol. The topological polar surface area (TPSA) is 67.1 Å². The molecule has 2 N–H and O–H groups in total. The van der Waals surface area contributed by atoms with E-state index in [1.165, 1.54) is 27.1 Å². The van der Waals surface area contributed by atoms with Crippen LogP contribution in [0.3, 0.4) is 0 Å². The molecule has 4 rings (SSSR count). The molecule has 0 spiro atoms. The lowest BCUT2D eigenvalue weighted by Gasteiger charge is -2.17. The average molecular weight is 573 g/mol. The molecule has 2 heterocycles. The minimum absolute atomic E-state index is 0. The van der Waals surface area contributed by atoms with Gasteiger partial charge in [-0.3, -0.25) is 4.99 Å². The maximum absolute atomic E-state index is 4.39. The molecular weight excluding hydrogens is 543 g/mol. The van der Waals surface area contributed by atoms with Crippen LogP contribution in [0.15, 0.2) is 83.7 Å². The molecule has 2 aromatic heterocycles. The normalized spacial score (nSPS) is 12.1.